The predicted octanol–water partition coefficient (Wildman–Crippen LogP) is 3.98. The molecule has 2 aromatic rings. The Kier molecular flexibility index (Phi) is 4.23. The summed E-state index contributed by atoms with van der Waals surface area (Å²) in [5, 5.41) is 0. The third-order valence-electron chi connectivity index (χ3n) is 3.21. The molecule has 1 aromatic heterocycles. The first-order chi connectivity index (χ1) is 8.94. The molecule has 0 spiro atoms. The number of carbonyl (C=O) groups excluding carboxylic acids is 1. The standard InChI is InChI=1S/C15H16BrNOS/c1-15(2,9-17)11-5-3-4-10(8-11)14(18)12-6-7-13(16)19-12/h3-8H,9,17H2,1-2H3. The van der Waals surface area contributed by atoms with Crippen LogP contribution in [-0.2, 0) is 5.41 Å². The third-order valence-corrected chi connectivity index (χ3v) is 4.84. The second kappa shape index (κ2) is 5.57. The van der Waals surface area contributed by atoms with Crippen molar-refractivity contribution < 1.29 is 4.79 Å². The molecule has 0 unspecified atom stereocenters. The van der Waals surface area contributed by atoms with Crippen LogP contribution < -0.4 is 5.73 Å². The molecule has 0 saturated heterocycles. The Bertz CT molecular complexity index is 604. The molecule has 0 radical (unpaired) electrons. The number of rotatable bonds is 4. The number of ketones is 1. The molecular weight excluding hydrogens is 322 g/mol. The number of nitrogens with two attached hydrogens (primary N) is 1. The maximum atomic E-state index is 12.4. The monoisotopic (exact) mass is 337 g/mol. The van der Waals surface area contributed by atoms with Crippen LogP contribution in [0.15, 0.2) is 40.2 Å². The first kappa shape index (κ1) is 14.4. The van der Waals surface area contributed by atoms with Gasteiger partial charge in [0.25, 0.3) is 0 Å². The van der Waals surface area contributed by atoms with E-state index in [4.69, 9.17) is 5.73 Å². The minimum Gasteiger partial charge on any atom is -0.330 e. The Morgan fingerprint density at radius 3 is 2.63 bits per heavy atom. The third kappa shape index (κ3) is 3.14. The lowest BCUT2D eigenvalue weighted by atomic mass is 9.84. The average Bonchev–Trinajstić information content (AvgIpc) is 2.84. The van der Waals surface area contributed by atoms with Crippen molar-refractivity contribution in [3.05, 3.63) is 56.2 Å². The molecule has 2 N–H and O–H groups in total. The van der Waals surface area contributed by atoms with Gasteiger partial charge in [-0.15, -0.1) is 11.3 Å². The zero-order valence-corrected chi connectivity index (χ0v) is 13.3. The van der Waals surface area contributed by atoms with Gasteiger partial charge < -0.3 is 5.73 Å². The Hall–Kier alpha value is -0.970. The summed E-state index contributed by atoms with van der Waals surface area (Å²) in [6, 6.07) is 11.5. The summed E-state index contributed by atoms with van der Waals surface area (Å²) in [4.78, 5) is 13.1. The van der Waals surface area contributed by atoms with E-state index in [1.54, 1.807) is 0 Å². The van der Waals surface area contributed by atoms with Crippen molar-refractivity contribution in [2.24, 2.45) is 5.73 Å². The average molecular weight is 338 g/mol. The highest BCUT2D eigenvalue weighted by Gasteiger charge is 2.20. The van der Waals surface area contributed by atoms with E-state index in [2.05, 4.69) is 29.8 Å². The quantitative estimate of drug-likeness (QED) is 0.857. The fourth-order valence-corrected chi connectivity index (χ4v) is 3.13. The van der Waals surface area contributed by atoms with Gasteiger partial charge in [0.05, 0.1) is 8.66 Å². The van der Waals surface area contributed by atoms with Gasteiger partial charge in [-0.25, -0.2) is 0 Å². The summed E-state index contributed by atoms with van der Waals surface area (Å²) in [5.41, 5.74) is 7.48. The largest absolute Gasteiger partial charge is 0.330 e. The zero-order valence-electron chi connectivity index (χ0n) is 10.9. The van der Waals surface area contributed by atoms with Crippen LogP contribution in [-0.4, -0.2) is 12.3 Å². The van der Waals surface area contributed by atoms with Crippen molar-refractivity contribution in [1.29, 1.82) is 0 Å². The van der Waals surface area contributed by atoms with Crippen LogP contribution >= 0.6 is 27.3 Å². The van der Waals surface area contributed by atoms with Crippen molar-refractivity contribution in [1.82, 2.24) is 0 Å². The molecule has 0 bridgehead atoms. The van der Waals surface area contributed by atoms with E-state index in [-0.39, 0.29) is 11.2 Å². The lowest BCUT2D eigenvalue weighted by molar-refractivity contribution is 0.104. The van der Waals surface area contributed by atoms with Gasteiger partial charge in [0.2, 0.25) is 5.78 Å². The Labute approximate surface area is 125 Å². The van der Waals surface area contributed by atoms with Gasteiger partial charge in [-0.1, -0.05) is 32.0 Å². The summed E-state index contributed by atoms with van der Waals surface area (Å²) < 4.78 is 0.967. The molecule has 0 aliphatic heterocycles. The van der Waals surface area contributed by atoms with E-state index in [1.165, 1.54) is 11.3 Å². The number of hydrogen-bond acceptors (Lipinski definition) is 3. The minimum atomic E-state index is -0.119. The van der Waals surface area contributed by atoms with Gasteiger partial charge in [-0.05, 0) is 39.7 Å². The second-order valence-corrected chi connectivity index (χ2v) is 7.56. The van der Waals surface area contributed by atoms with Gasteiger partial charge in [0.1, 0.15) is 0 Å². The van der Waals surface area contributed by atoms with Crippen molar-refractivity contribution in [3.63, 3.8) is 0 Å². The lowest BCUT2D eigenvalue weighted by Gasteiger charge is -2.23. The first-order valence-corrected chi connectivity index (χ1v) is 7.65. The molecule has 2 nitrogen and oxygen atoms in total. The molecule has 0 saturated carbocycles. The highest BCUT2D eigenvalue weighted by Crippen LogP contribution is 2.27. The van der Waals surface area contributed by atoms with Crippen LogP contribution in [0.2, 0.25) is 0 Å². The maximum absolute atomic E-state index is 12.4. The normalized spacial score (nSPS) is 11.6. The van der Waals surface area contributed by atoms with Crippen LogP contribution in [0.5, 0.6) is 0 Å². The second-order valence-electron chi connectivity index (χ2n) is 5.10. The summed E-state index contributed by atoms with van der Waals surface area (Å²) in [6.45, 7) is 4.71. The SMILES string of the molecule is CC(C)(CN)c1cccc(C(=O)c2ccc(Br)s2)c1. The first-order valence-electron chi connectivity index (χ1n) is 6.05. The zero-order chi connectivity index (χ0) is 14.0. The Balaban J connectivity index is 2.36. The molecule has 4 heteroatoms. The van der Waals surface area contributed by atoms with Crippen LogP contribution in [0.25, 0.3) is 0 Å². The molecule has 0 atom stereocenters. The molecule has 19 heavy (non-hydrogen) atoms. The van der Waals surface area contributed by atoms with Gasteiger partial charge in [0, 0.05) is 17.5 Å². The van der Waals surface area contributed by atoms with Gasteiger partial charge in [-0.3, -0.25) is 4.79 Å². The number of carbonyl (C=O) groups is 1. The summed E-state index contributed by atoms with van der Waals surface area (Å²) in [7, 11) is 0. The number of benzene rings is 1. The van der Waals surface area contributed by atoms with Crippen LogP contribution in [0, 0.1) is 0 Å². The maximum Gasteiger partial charge on any atom is 0.202 e. The van der Waals surface area contributed by atoms with E-state index in [9.17, 15) is 4.79 Å². The fraction of sp³-hybridized carbons (Fsp3) is 0.267. The summed E-state index contributed by atoms with van der Waals surface area (Å²) >= 11 is 4.83. The summed E-state index contributed by atoms with van der Waals surface area (Å²) in [6.07, 6.45) is 0. The van der Waals surface area contributed by atoms with E-state index in [1.807, 2.05) is 36.4 Å². The van der Waals surface area contributed by atoms with Crippen LogP contribution in [0.1, 0.15) is 34.6 Å². The predicted molar refractivity (Wildman–Crippen MR) is 84.0 cm³/mol. The Morgan fingerprint density at radius 1 is 1.32 bits per heavy atom. The highest BCUT2D eigenvalue weighted by atomic mass is 79.9. The van der Waals surface area contributed by atoms with E-state index >= 15 is 0 Å². The molecule has 0 amide bonds. The molecule has 2 rings (SSSR count). The topological polar surface area (TPSA) is 43.1 Å². The fourth-order valence-electron chi connectivity index (χ4n) is 1.78. The molecule has 0 aliphatic carbocycles. The van der Waals surface area contributed by atoms with Crippen LogP contribution in [0.3, 0.4) is 0 Å². The Morgan fingerprint density at radius 2 is 2.05 bits per heavy atom. The van der Waals surface area contributed by atoms with Crippen molar-refractivity contribution in [3.8, 4) is 0 Å². The van der Waals surface area contributed by atoms with Crippen LogP contribution in [0.4, 0.5) is 0 Å². The molecule has 1 aromatic carbocycles. The van der Waals surface area contributed by atoms with Crippen molar-refractivity contribution in [2.45, 2.75) is 19.3 Å². The minimum absolute atomic E-state index is 0.0605. The molecule has 0 fully saturated rings. The number of thiophene rings is 1. The number of halogens is 1. The van der Waals surface area contributed by atoms with Crippen molar-refractivity contribution in [2.75, 3.05) is 6.54 Å². The van der Waals surface area contributed by atoms with E-state index in [0.717, 1.165) is 14.2 Å². The van der Waals surface area contributed by atoms with Gasteiger partial charge in [0.15, 0.2) is 0 Å². The smallest absolute Gasteiger partial charge is 0.202 e. The highest BCUT2D eigenvalue weighted by molar-refractivity contribution is 9.11. The molecule has 1 heterocycles. The van der Waals surface area contributed by atoms with Crippen molar-refractivity contribution >= 4 is 33.0 Å². The van der Waals surface area contributed by atoms with Gasteiger partial charge in [-0.2, -0.15) is 0 Å². The molecular formula is C15H16BrNOS. The van der Waals surface area contributed by atoms with Gasteiger partial charge >= 0.3 is 0 Å². The lowest BCUT2D eigenvalue weighted by Crippen LogP contribution is -2.28. The molecule has 0 aliphatic rings. The van der Waals surface area contributed by atoms with E-state index < -0.39 is 0 Å². The van der Waals surface area contributed by atoms with E-state index in [0.29, 0.717) is 12.1 Å². The molecule has 100 valence electrons. The summed E-state index contributed by atoms with van der Waals surface area (Å²) in [5.74, 6) is 0.0605. The number of hydrogen-bond donors (Lipinski definition) is 1.